The third-order valence-corrected chi connectivity index (χ3v) is 8.14. The van der Waals surface area contributed by atoms with Gasteiger partial charge in [-0.1, -0.05) is 109 Å². The van der Waals surface area contributed by atoms with E-state index in [0.717, 1.165) is 27.8 Å². The van der Waals surface area contributed by atoms with E-state index in [1.165, 1.54) is 0 Å². The number of hydrogen-bond acceptors (Lipinski definition) is 6. The van der Waals surface area contributed by atoms with Crippen LogP contribution in [0, 0.1) is 0 Å². The van der Waals surface area contributed by atoms with Crippen molar-refractivity contribution in [3.05, 3.63) is 131 Å². The van der Waals surface area contributed by atoms with E-state index in [9.17, 15) is 29.1 Å². The first kappa shape index (κ1) is 33.4. The highest BCUT2D eigenvalue weighted by Crippen LogP contribution is 2.44. The molecule has 1 aliphatic rings. The molecule has 0 saturated heterocycles. The number of ether oxygens (including phenoxy) is 1. The van der Waals surface area contributed by atoms with Crippen LogP contribution in [0.5, 0.6) is 0 Å². The maximum atomic E-state index is 13.8. The monoisotopic (exact) mass is 649 g/mol. The van der Waals surface area contributed by atoms with Gasteiger partial charge in [0.1, 0.15) is 24.7 Å². The molecule has 3 amide bonds. The van der Waals surface area contributed by atoms with Gasteiger partial charge in [0.2, 0.25) is 11.8 Å². The van der Waals surface area contributed by atoms with Gasteiger partial charge in [-0.05, 0) is 33.4 Å². The highest BCUT2D eigenvalue weighted by molar-refractivity contribution is 5.94. The fourth-order valence-corrected chi connectivity index (χ4v) is 5.82. The van der Waals surface area contributed by atoms with Crippen LogP contribution in [-0.2, 0) is 36.8 Å². The standard InChI is InChI=1S/C37H35N3O8/c41-33(42)21-32(36(45)46)39-34(43)30(19-23-11-3-1-4-12-23)38-35(44)31(20-24-13-5-2-6-14-24)40-37(47)48-22-29-27-17-9-7-15-25(27)26-16-8-10-18-28(26)29/h1-18,29-32H,19-22H2,(H,38,44)(H,39,43)(H,40,47)(H,41,42)(H,45,46)/t30-,31-,32-/m0/s1. The first-order valence-electron chi connectivity index (χ1n) is 15.4. The lowest BCUT2D eigenvalue weighted by Crippen LogP contribution is -2.57. The third-order valence-electron chi connectivity index (χ3n) is 8.14. The number of benzene rings is 4. The minimum atomic E-state index is -1.72. The largest absolute Gasteiger partial charge is 0.481 e. The molecule has 0 fully saturated rings. The van der Waals surface area contributed by atoms with E-state index in [0.29, 0.717) is 5.56 Å². The quantitative estimate of drug-likeness (QED) is 0.137. The van der Waals surface area contributed by atoms with E-state index in [2.05, 4.69) is 16.0 Å². The molecular weight excluding hydrogens is 614 g/mol. The minimum absolute atomic E-state index is 0.0265. The van der Waals surface area contributed by atoms with Gasteiger partial charge in [-0.15, -0.1) is 0 Å². The Labute approximate surface area is 277 Å². The molecule has 4 aromatic rings. The summed E-state index contributed by atoms with van der Waals surface area (Å²) < 4.78 is 5.69. The smallest absolute Gasteiger partial charge is 0.407 e. The van der Waals surface area contributed by atoms with E-state index < -0.39 is 54.4 Å². The van der Waals surface area contributed by atoms with Crippen LogP contribution in [0.4, 0.5) is 4.79 Å². The van der Waals surface area contributed by atoms with Crippen LogP contribution in [-0.4, -0.2) is 64.8 Å². The average molecular weight is 650 g/mol. The lowest BCUT2D eigenvalue weighted by molar-refractivity contribution is -0.147. The zero-order chi connectivity index (χ0) is 34.0. The number of rotatable bonds is 14. The van der Waals surface area contributed by atoms with Crippen molar-refractivity contribution in [2.24, 2.45) is 0 Å². The number of amides is 3. The van der Waals surface area contributed by atoms with Crippen LogP contribution in [0.1, 0.15) is 34.6 Å². The molecular formula is C37H35N3O8. The molecule has 0 heterocycles. The second kappa shape index (κ2) is 15.5. The van der Waals surface area contributed by atoms with Crippen LogP contribution in [0.25, 0.3) is 11.1 Å². The molecule has 1 aliphatic carbocycles. The van der Waals surface area contributed by atoms with Crippen molar-refractivity contribution in [3.8, 4) is 11.1 Å². The van der Waals surface area contributed by atoms with Gasteiger partial charge in [-0.25, -0.2) is 9.59 Å². The zero-order valence-electron chi connectivity index (χ0n) is 25.9. The number of alkyl carbamates (subject to hydrolysis) is 1. The number of aliphatic carboxylic acids is 2. The zero-order valence-corrected chi connectivity index (χ0v) is 25.9. The summed E-state index contributed by atoms with van der Waals surface area (Å²) in [6.07, 6.45) is -1.65. The highest BCUT2D eigenvalue weighted by atomic mass is 16.5. The third kappa shape index (κ3) is 8.43. The maximum absolute atomic E-state index is 13.8. The lowest BCUT2D eigenvalue weighted by atomic mass is 9.98. The van der Waals surface area contributed by atoms with E-state index in [1.54, 1.807) is 54.6 Å². The van der Waals surface area contributed by atoms with Gasteiger partial charge in [0, 0.05) is 18.8 Å². The van der Waals surface area contributed by atoms with Crippen molar-refractivity contribution in [2.75, 3.05) is 6.61 Å². The molecule has 0 aromatic heterocycles. The van der Waals surface area contributed by atoms with Crippen LogP contribution in [0.15, 0.2) is 109 Å². The van der Waals surface area contributed by atoms with Crippen molar-refractivity contribution < 1.29 is 38.9 Å². The number of carboxylic acids is 2. The number of carboxylic acid groups (broad SMARTS) is 2. The van der Waals surface area contributed by atoms with E-state index in [1.807, 2.05) is 54.6 Å². The number of carbonyl (C=O) groups is 5. The Kier molecular flexibility index (Phi) is 10.8. The summed E-state index contributed by atoms with van der Waals surface area (Å²) in [5.41, 5.74) is 5.59. The Bertz CT molecular complexity index is 1730. The average Bonchev–Trinajstić information content (AvgIpc) is 3.40. The van der Waals surface area contributed by atoms with E-state index >= 15 is 0 Å². The number of carbonyl (C=O) groups excluding carboxylic acids is 3. The minimum Gasteiger partial charge on any atom is -0.481 e. The SMILES string of the molecule is O=C(O)C[C@H](NC(=O)[C@H](Cc1ccccc1)NC(=O)[C@H](Cc1ccccc1)NC(=O)OCC1c2ccccc2-c2ccccc21)C(=O)O. The van der Waals surface area contributed by atoms with Crippen LogP contribution >= 0.6 is 0 Å². The molecule has 0 spiro atoms. The fraction of sp³-hybridized carbons (Fsp3) is 0.216. The molecule has 0 unspecified atom stereocenters. The van der Waals surface area contributed by atoms with Crippen LogP contribution in [0.2, 0.25) is 0 Å². The van der Waals surface area contributed by atoms with Gasteiger partial charge >= 0.3 is 18.0 Å². The molecule has 5 rings (SSSR count). The highest BCUT2D eigenvalue weighted by Gasteiger charge is 2.32. The Balaban J connectivity index is 1.33. The topological polar surface area (TPSA) is 171 Å². The van der Waals surface area contributed by atoms with E-state index in [4.69, 9.17) is 9.84 Å². The Morgan fingerprint density at radius 1 is 0.583 bits per heavy atom. The number of nitrogens with one attached hydrogen (secondary N) is 3. The maximum Gasteiger partial charge on any atom is 0.407 e. The van der Waals surface area contributed by atoms with Crippen molar-refractivity contribution >= 4 is 29.8 Å². The Morgan fingerprint density at radius 3 is 1.50 bits per heavy atom. The number of fused-ring (bicyclic) bond motifs is 3. The molecule has 48 heavy (non-hydrogen) atoms. The summed E-state index contributed by atoms with van der Waals surface area (Å²) in [7, 11) is 0. The lowest BCUT2D eigenvalue weighted by Gasteiger charge is -2.25. The van der Waals surface area contributed by atoms with E-state index in [-0.39, 0.29) is 25.4 Å². The van der Waals surface area contributed by atoms with Crippen LogP contribution in [0.3, 0.4) is 0 Å². The molecule has 5 N–H and O–H groups in total. The second-order valence-corrected chi connectivity index (χ2v) is 11.5. The van der Waals surface area contributed by atoms with Gasteiger partial charge in [-0.3, -0.25) is 14.4 Å². The van der Waals surface area contributed by atoms with Crippen molar-refractivity contribution in [2.45, 2.75) is 43.3 Å². The Morgan fingerprint density at radius 2 is 1.02 bits per heavy atom. The molecule has 246 valence electrons. The number of hydrogen-bond donors (Lipinski definition) is 5. The molecule has 0 aliphatic heterocycles. The van der Waals surface area contributed by atoms with Gasteiger partial charge in [-0.2, -0.15) is 0 Å². The van der Waals surface area contributed by atoms with Crippen molar-refractivity contribution in [3.63, 3.8) is 0 Å². The summed E-state index contributed by atoms with van der Waals surface area (Å²) in [4.78, 5) is 63.3. The van der Waals surface area contributed by atoms with Gasteiger partial charge in [0.15, 0.2) is 0 Å². The first-order valence-corrected chi connectivity index (χ1v) is 15.4. The summed E-state index contributed by atoms with van der Waals surface area (Å²) in [6.45, 7) is 0.0265. The summed E-state index contributed by atoms with van der Waals surface area (Å²) in [5.74, 6) is -4.75. The molecule has 3 atom stereocenters. The van der Waals surface area contributed by atoms with Gasteiger partial charge in [0.05, 0.1) is 6.42 Å². The molecule has 4 aromatic carbocycles. The summed E-state index contributed by atoms with van der Waals surface area (Å²) >= 11 is 0. The predicted octanol–water partition coefficient (Wildman–Crippen LogP) is 3.91. The van der Waals surface area contributed by atoms with Gasteiger partial charge in [0.25, 0.3) is 0 Å². The second-order valence-electron chi connectivity index (χ2n) is 11.5. The first-order chi connectivity index (χ1) is 23.2. The Hall–Kier alpha value is -5.97. The predicted molar refractivity (Wildman–Crippen MR) is 176 cm³/mol. The summed E-state index contributed by atoms with van der Waals surface area (Å²) in [6, 6.07) is 29.3. The van der Waals surface area contributed by atoms with Crippen LogP contribution < -0.4 is 16.0 Å². The molecule has 0 bridgehead atoms. The van der Waals surface area contributed by atoms with Crippen molar-refractivity contribution in [1.29, 1.82) is 0 Å². The fourth-order valence-electron chi connectivity index (χ4n) is 5.82. The summed E-state index contributed by atoms with van der Waals surface area (Å²) in [5, 5.41) is 26.2. The van der Waals surface area contributed by atoms with Crippen molar-refractivity contribution in [1.82, 2.24) is 16.0 Å². The van der Waals surface area contributed by atoms with Gasteiger partial charge < -0.3 is 30.9 Å². The molecule has 11 heteroatoms. The molecule has 0 radical (unpaired) electrons. The molecule has 0 saturated carbocycles. The normalized spacial score (nSPS) is 13.6. The molecule has 11 nitrogen and oxygen atoms in total.